The number of aliphatic hydroxyl groups excluding tert-OH is 1. The average Bonchev–Trinajstić information content (AvgIpc) is 2.84. The van der Waals surface area contributed by atoms with Crippen molar-refractivity contribution in [3.8, 4) is 0 Å². The third-order valence-corrected chi connectivity index (χ3v) is 5.08. The van der Waals surface area contributed by atoms with Crippen LogP contribution in [0.1, 0.15) is 12.6 Å². The van der Waals surface area contributed by atoms with Crippen LogP contribution < -0.4 is 5.73 Å². The molecule has 2 rings (SSSR count). The fourth-order valence-electron chi connectivity index (χ4n) is 2.03. The monoisotopic (exact) mass is 274 g/mol. The summed E-state index contributed by atoms with van der Waals surface area (Å²) in [7, 11) is -3.61. The lowest BCUT2D eigenvalue weighted by atomic mass is 10.2. The first-order valence-electron chi connectivity index (χ1n) is 5.84. The van der Waals surface area contributed by atoms with Crippen molar-refractivity contribution in [2.45, 2.75) is 37.4 Å². The lowest BCUT2D eigenvalue weighted by molar-refractivity contribution is 0.174. The summed E-state index contributed by atoms with van der Waals surface area (Å²) in [6.07, 6.45) is 0.710. The quantitative estimate of drug-likeness (QED) is 0.729. The minimum Gasteiger partial charge on any atom is -0.390 e. The van der Waals surface area contributed by atoms with Gasteiger partial charge in [0.2, 0.25) is 10.0 Å². The van der Waals surface area contributed by atoms with Gasteiger partial charge in [0.05, 0.1) is 11.8 Å². The normalized spacial score (nSPS) is 25.8. The van der Waals surface area contributed by atoms with Crippen LogP contribution in [0.4, 0.5) is 0 Å². The van der Waals surface area contributed by atoms with E-state index in [9.17, 15) is 13.5 Å². The number of hydrogen-bond donors (Lipinski definition) is 2. The van der Waals surface area contributed by atoms with Gasteiger partial charge >= 0.3 is 0 Å². The van der Waals surface area contributed by atoms with Crippen LogP contribution >= 0.6 is 0 Å². The summed E-state index contributed by atoms with van der Waals surface area (Å²) in [6, 6.07) is -0.527. The number of hydrogen-bond acceptors (Lipinski definition) is 5. The molecule has 0 bridgehead atoms. The van der Waals surface area contributed by atoms with Gasteiger partial charge in [-0.2, -0.15) is 9.40 Å². The molecule has 1 saturated heterocycles. The van der Waals surface area contributed by atoms with Gasteiger partial charge in [0.25, 0.3) is 0 Å². The fourth-order valence-corrected chi connectivity index (χ4v) is 3.69. The highest BCUT2D eigenvalue weighted by Gasteiger charge is 2.38. The summed E-state index contributed by atoms with van der Waals surface area (Å²) in [6.45, 7) is 4.34. The van der Waals surface area contributed by atoms with Crippen molar-refractivity contribution in [2.24, 2.45) is 5.73 Å². The van der Waals surface area contributed by atoms with E-state index < -0.39 is 22.2 Å². The molecule has 0 radical (unpaired) electrons. The molecule has 1 aliphatic rings. The number of nitrogens with two attached hydrogens (primary N) is 1. The molecule has 1 fully saturated rings. The topological polar surface area (TPSA) is 101 Å². The maximum atomic E-state index is 12.4. The molecule has 0 saturated carbocycles. The molecular weight excluding hydrogens is 256 g/mol. The Hall–Kier alpha value is -0.960. The van der Waals surface area contributed by atoms with Crippen LogP contribution in [0.5, 0.6) is 0 Å². The van der Waals surface area contributed by atoms with Crippen LogP contribution in [0.15, 0.2) is 11.1 Å². The number of aliphatic hydroxyl groups is 1. The van der Waals surface area contributed by atoms with Crippen molar-refractivity contribution < 1.29 is 13.5 Å². The zero-order chi connectivity index (χ0) is 13.5. The Morgan fingerprint density at radius 2 is 2.22 bits per heavy atom. The Balaban J connectivity index is 2.34. The lowest BCUT2D eigenvalue weighted by Gasteiger charge is -2.14. The summed E-state index contributed by atoms with van der Waals surface area (Å²) in [4.78, 5) is 0.186. The summed E-state index contributed by atoms with van der Waals surface area (Å²) in [5.41, 5.74) is 6.10. The van der Waals surface area contributed by atoms with E-state index in [2.05, 4.69) is 5.10 Å². The molecule has 0 unspecified atom stereocenters. The Labute approximate surface area is 106 Å². The van der Waals surface area contributed by atoms with E-state index in [1.165, 1.54) is 10.5 Å². The Morgan fingerprint density at radius 3 is 2.67 bits per heavy atom. The van der Waals surface area contributed by atoms with Gasteiger partial charge in [-0.25, -0.2) is 8.42 Å². The predicted molar refractivity (Wildman–Crippen MR) is 65.4 cm³/mol. The van der Waals surface area contributed by atoms with Crippen LogP contribution in [0.2, 0.25) is 0 Å². The largest absolute Gasteiger partial charge is 0.390 e. The second kappa shape index (κ2) is 4.61. The molecular formula is C10H18N4O3S. The smallest absolute Gasteiger partial charge is 0.246 e. The third kappa shape index (κ3) is 2.16. The lowest BCUT2D eigenvalue weighted by Crippen LogP contribution is -2.33. The molecule has 0 aromatic carbocycles. The van der Waals surface area contributed by atoms with E-state index in [0.717, 1.165) is 0 Å². The van der Waals surface area contributed by atoms with Crippen molar-refractivity contribution >= 4 is 10.0 Å². The molecule has 102 valence electrons. The molecule has 18 heavy (non-hydrogen) atoms. The highest BCUT2D eigenvalue weighted by molar-refractivity contribution is 7.89. The number of sulfonamides is 1. The van der Waals surface area contributed by atoms with E-state index in [4.69, 9.17) is 5.73 Å². The molecule has 1 aromatic heterocycles. The first-order valence-corrected chi connectivity index (χ1v) is 7.28. The number of rotatable bonds is 3. The Bertz CT molecular complexity index is 529. The first kappa shape index (κ1) is 13.5. The predicted octanol–water partition coefficient (Wildman–Crippen LogP) is -1.10. The zero-order valence-corrected chi connectivity index (χ0v) is 11.3. The SMILES string of the molecule is CCn1cc(S(=O)(=O)N2C[C@@H](N)[C@H](O)C2)c(C)n1. The van der Waals surface area contributed by atoms with Crippen molar-refractivity contribution in [3.05, 3.63) is 11.9 Å². The minimum absolute atomic E-state index is 0.0419. The van der Waals surface area contributed by atoms with Gasteiger partial charge in [-0.1, -0.05) is 0 Å². The number of β-amino-alcohol motifs (C(OH)–C–C–N with tert-alkyl or cyclic N) is 1. The maximum Gasteiger partial charge on any atom is 0.246 e. The summed E-state index contributed by atoms with van der Waals surface area (Å²) in [5.74, 6) is 0. The molecule has 3 N–H and O–H groups in total. The Kier molecular flexibility index (Phi) is 3.45. The van der Waals surface area contributed by atoms with E-state index in [-0.39, 0.29) is 18.0 Å². The molecule has 2 atom stereocenters. The number of nitrogens with zero attached hydrogens (tertiary/aromatic N) is 3. The van der Waals surface area contributed by atoms with E-state index >= 15 is 0 Å². The van der Waals surface area contributed by atoms with Gasteiger partial charge in [-0.15, -0.1) is 0 Å². The summed E-state index contributed by atoms with van der Waals surface area (Å²) in [5, 5.41) is 13.7. The second-order valence-electron chi connectivity index (χ2n) is 4.49. The van der Waals surface area contributed by atoms with Crippen LogP contribution in [-0.2, 0) is 16.6 Å². The molecule has 1 aliphatic heterocycles. The fraction of sp³-hybridized carbons (Fsp3) is 0.700. The van der Waals surface area contributed by atoms with Crippen molar-refractivity contribution in [2.75, 3.05) is 13.1 Å². The molecule has 8 heteroatoms. The molecule has 7 nitrogen and oxygen atoms in total. The van der Waals surface area contributed by atoms with Gasteiger partial charge < -0.3 is 10.8 Å². The van der Waals surface area contributed by atoms with Crippen LogP contribution in [-0.4, -0.2) is 52.8 Å². The van der Waals surface area contributed by atoms with Gasteiger partial charge in [0.15, 0.2) is 0 Å². The molecule has 1 aromatic rings. The van der Waals surface area contributed by atoms with Crippen molar-refractivity contribution in [1.82, 2.24) is 14.1 Å². The second-order valence-corrected chi connectivity index (χ2v) is 6.39. The molecule has 0 amide bonds. The van der Waals surface area contributed by atoms with Crippen LogP contribution in [0.25, 0.3) is 0 Å². The van der Waals surface area contributed by atoms with Crippen molar-refractivity contribution in [3.63, 3.8) is 0 Å². The third-order valence-electron chi connectivity index (χ3n) is 3.14. The molecule has 0 aliphatic carbocycles. The van der Waals surface area contributed by atoms with Crippen LogP contribution in [0, 0.1) is 6.92 Å². The molecule has 0 spiro atoms. The first-order chi connectivity index (χ1) is 8.36. The Morgan fingerprint density at radius 1 is 1.56 bits per heavy atom. The van der Waals surface area contributed by atoms with Gasteiger partial charge in [0.1, 0.15) is 4.90 Å². The summed E-state index contributed by atoms with van der Waals surface area (Å²) < 4.78 is 27.6. The molecule has 2 heterocycles. The van der Waals surface area contributed by atoms with Gasteiger partial charge in [-0.05, 0) is 13.8 Å². The highest BCUT2D eigenvalue weighted by atomic mass is 32.2. The van der Waals surface area contributed by atoms with Crippen LogP contribution in [0.3, 0.4) is 0 Å². The number of aromatic nitrogens is 2. The van der Waals surface area contributed by atoms with Gasteiger partial charge in [-0.3, -0.25) is 4.68 Å². The summed E-state index contributed by atoms with van der Waals surface area (Å²) >= 11 is 0. The van der Waals surface area contributed by atoms with Crippen molar-refractivity contribution in [1.29, 1.82) is 0 Å². The number of aryl methyl sites for hydroxylation is 2. The average molecular weight is 274 g/mol. The van der Waals surface area contributed by atoms with Gasteiger partial charge in [0, 0.05) is 31.9 Å². The maximum absolute atomic E-state index is 12.4. The highest BCUT2D eigenvalue weighted by Crippen LogP contribution is 2.22. The zero-order valence-electron chi connectivity index (χ0n) is 10.4. The minimum atomic E-state index is -3.61. The standard InChI is InChI=1S/C10H18N4O3S/c1-3-13-6-10(7(2)12-13)18(16,17)14-4-8(11)9(15)5-14/h6,8-9,15H,3-5,11H2,1-2H3/t8-,9-/m1/s1. The van der Waals surface area contributed by atoms with E-state index in [1.807, 2.05) is 6.92 Å². The van der Waals surface area contributed by atoms with E-state index in [1.54, 1.807) is 11.6 Å². The van der Waals surface area contributed by atoms with E-state index in [0.29, 0.717) is 12.2 Å².